The van der Waals surface area contributed by atoms with Gasteiger partial charge in [0.15, 0.2) is 5.69 Å². The third-order valence-electron chi connectivity index (χ3n) is 2.31. The number of rotatable bonds is 4. The van der Waals surface area contributed by atoms with Gasteiger partial charge in [-0.25, -0.2) is 4.79 Å². The number of anilines is 1. The van der Waals surface area contributed by atoms with E-state index in [1.54, 1.807) is 17.4 Å². The van der Waals surface area contributed by atoms with Gasteiger partial charge in [-0.3, -0.25) is 0 Å². The van der Waals surface area contributed by atoms with Crippen LogP contribution in [0.1, 0.15) is 21.6 Å². The molecule has 0 unspecified atom stereocenters. The van der Waals surface area contributed by atoms with Crippen LogP contribution in [0, 0.1) is 6.92 Å². The van der Waals surface area contributed by atoms with Crippen LogP contribution in [-0.2, 0) is 6.54 Å². The highest BCUT2D eigenvalue weighted by Crippen LogP contribution is 2.14. The number of thiophene rings is 1. The SMILES string of the molecule is Cc1cscc1CNc1ccc(C(=O)O)nn1. The van der Waals surface area contributed by atoms with Crippen LogP contribution in [0.15, 0.2) is 22.9 Å². The first kappa shape index (κ1) is 11.5. The second-order valence-electron chi connectivity index (χ2n) is 3.54. The molecule has 2 aromatic heterocycles. The lowest BCUT2D eigenvalue weighted by Crippen LogP contribution is -2.06. The molecule has 0 aliphatic heterocycles. The van der Waals surface area contributed by atoms with Gasteiger partial charge in [-0.1, -0.05) is 0 Å². The molecule has 0 amide bonds. The molecular formula is C11H11N3O2S. The minimum absolute atomic E-state index is 0.0535. The lowest BCUT2D eigenvalue weighted by molar-refractivity contribution is 0.0689. The van der Waals surface area contributed by atoms with Crippen molar-refractivity contribution in [3.05, 3.63) is 39.7 Å². The molecule has 0 saturated carbocycles. The first-order valence-corrected chi connectivity index (χ1v) is 5.93. The van der Waals surface area contributed by atoms with Gasteiger partial charge in [0.1, 0.15) is 5.82 Å². The molecule has 0 aliphatic rings. The Bertz CT molecular complexity index is 522. The summed E-state index contributed by atoms with van der Waals surface area (Å²) < 4.78 is 0. The van der Waals surface area contributed by atoms with Crippen LogP contribution in [0.25, 0.3) is 0 Å². The van der Waals surface area contributed by atoms with E-state index in [1.807, 2.05) is 6.92 Å². The molecule has 2 rings (SSSR count). The molecule has 0 aliphatic carbocycles. The molecule has 17 heavy (non-hydrogen) atoms. The van der Waals surface area contributed by atoms with Gasteiger partial charge in [-0.15, -0.1) is 10.2 Å². The quantitative estimate of drug-likeness (QED) is 0.868. The molecular weight excluding hydrogens is 238 g/mol. The first-order valence-electron chi connectivity index (χ1n) is 4.99. The van der Waals surface area contributed by atoms with Crippen LogP contribution in [-0.4, -0.2) is 21.3 Å². The highest BCUT2D eigenvalue weighted by Gasteiger charge is 2.05. The Kier molecular flexibility index (Phi) is 3.34. The third kappa shape index (κ3) is 2.79. The van der Waals surface area contributed by atoms with Gasteiger partial charge in [0.25, 0.3) is 0 Å². The van der Waals surface area contributed by atoms with Gasteiger partial charge in [0, 0.05) is 6.54 Å². The van der Waals surface area contributed by atoms with Gasteiger partial charge in [-0.05, 0) is 40.9 Å². The highest BCUT2D eigenvalue weighted by molar-refractivity contribution is 7.08. The van der Waals surface area contributed by atoms with E-state index in [1.165, 1.54) is 17.2 Å². The normalized spacial score (nSPS) is 10.2. The molecule has 0 radical (unpaired) electrons. The minimum atomic E-state index is -1.07. The van der Waals surface area contributed by atoms with Crippen LogP contribution >= 0.6 is 11.3 Å². The Morgan fingerprint density at radius 3 is 2.76 bits per heavy atom. The molecule has 5 nitrogen and oxygen atoms in total. The van der Waals surface area contributed by atoms with Crippen molar-refractivity contribution in [1.82, 2.24) is 10.2 Å². The standard InChI is InChI=1S/C11H11N3O2S/c1-7-5-17-6-8(7)4-12-10-3-2-9(11(15)16)13-14-10/h2-3,5-6H,4H2,1H3,(H,12,14)(H,15,16). The van der Waals surface area contributed by atoms with Crippen LogP contribution in [0.4, 0.5) is 5.82 Å². The molecule has 2 aromatic rings. The maximum atomic E-state index is 10.6. The molecule has 0 saturated heterocycles. The van der Waals surface area contributed by atoms with Crippen LogP contribution in [0.5, 0.6) is 0 Å². The van der Waals surface area contributed by atoms with Crippen molar-refractivity contribution in [2.24, 2.45) is 0 Å². The van der Waals surface area contributed by atoms with Gasteiger partial charge in [-0.2, -0.15) is 11.3 Å². The fraction of sp³-hybridized carbons (Fsp3) is 0.182. The zero-order valence-electron chi connectivity index (χ0n) is 9.17. The maximum absolute atomic E-state index is 10.6. The topological polar surface area (TPSA) is 75.1 Å². The second kappa shape index (κ2) is 4.92. The number of nitrogens with zero attached hydrogens (tertiary/aromatic N) is 2. The zero-order chi connectivity index (χ0) is 12.3. The molecule has 0 fully saturated rings. The van der Waals surface area contributed by atoms with E-state index in [0.717, 1.165) is 0 Å². The Hall–Kier alpha value is -1.95. The third-order valence-corrected chi connectivity index (χ3v) is 3.22. The van der Waals surface area contributed by atoms with E-state index in [2.05, 4.69) is 26.3 Å². The summed E-state index contributed by atoms with van der Waals surface area (Å²) in [6, 6.07) is 3.04. The molecule has 0 spiro atoms. The molecule has 6 heteroatoms. The van der Waals surface area contributed by atoms with Gasteiger partial charge >= 0.3 is 5.97 Å². The molecule has 0 aromatic carbocycles. The highest BCUT2D eigenvalue weighted by atomic mass is 32.1. The summed E-state index contributed by atoms with van der Waals surface area (Å²) in [7, 11) is 0. The number of carbonyl (C=O) groups is 1. The molecule has 0 bridgehead atoms. The summed E-state index contributed by atoms with van der Waals surface area (Å²) in [4.78, 5) is 10.6. The van der Waals surface area contributed by atoms with Gasteiger partial charge < -0.3 is 10.4 Å². The number of aromatic nitrogens is 2. The van der Waals surface area contributed by atoms with Crippen molar-refractivity contribution in [2.45, 2.75) is 13.5 Å². The van der Waals surface area contributed by atoms with Crippen molar-refractivity contribution in [3.63, 3.8) is 0 Å². The monoisotopic (exact) mass is 249 g/mol. The lowest BCUT2D eigenvalue weighted by Gasteiger charge is -2.04. The van der Waals surface area contributed by atoms with Crippen molar-refractivity contribution in [3.8, 4) is 0 Å². The predicted octanol–water partition coefficient (Wildman–Crippen LogP) is 2.16. The maximum Gasteiger partial charge on any atom is 0.356 e. The fourth-order valence-electron chi connectivity index (χ4n) is 1.29. The van der Waals surface area contributed by atoms with Crippen molar-refractivity contribution in [2.75, 3.05) is 5.32 Å². The molecule has 88 valence electrons. The van der Waals surface area contributed by atoms with E-state index in [0.29, 0.717) is 12.4 Å². The van der Waals surface area contributed by atoms with Crippen LogP contribution in [0.2, 0.25) is 0 Å². The number of aromatic carboxylic acids is 1. The zero-order valence-corrected chi connectivity index (χ0v) is 9.99. The second-order valence-corrected chi connectivity index (χ2v) is 4.29. The largest absolute Gasteiger partial charge is 0.476 e. The van der Waals surface area contributed by atoms with E-state index in [9.17, 15) is 4.79 Å². The van der Waals surface area contributed by atoms with Crippen molar-refractivity contribution < 1.29 is 9.90 Å². The molecule has 2 heterocycles. The number of hydrogen-bond donors (Lipinski definition) is 2. The fourth-order valence-corrected chi connectivity index (χ4v) is 2.15. The van der Waals surface area contributed by atoms with Crippen molar-refractivity contribution >= 4 is 23.1 Å². The number of nitrogens with one attached hydrogen (secondary N) is 1. The van der Waals surface area contributed by atoms with Crippen LogP contribution in [0.3, 0.4) is 0 Å². The average Bonchev–Trinajstić information content (AvgIpc) is 2.73. The summed E-state index contributed by atoms with van der Waals surface area (Å²) in [5.41, 5.74) is 2.39. The number of aryl methyl sites for hydroxylation is 1. The van der Waals surface area contributed by atoms with E-state index < -0.39 is 5.97 Å². The summed E-state index contributed by atoms with van der Waals surface area (Å²) in [6.45, 7) is 2.71. The number of carboxylic acids is 1. The summed E-state index contributed by atoms with van der Waals surface area (Å²) in [6.07, 6.45) is 0. The Morgan fingerprint density at radius 1 is 1.41 bits per heavy atom. The van der Waals surface area contributed by atoms with Gasteiger partial charge in [0.2, 0.25) is 0 Å². The minimum Gasteiger partial charge on any atom is -0.476 e. The summed E-state index contributed by atoms with van der Waals surface area (Å²) in [5, 5.41) is 23.3. The van der Waals surface area contributed by atoms with E-state index >= 15 is 0 Å². The molecule has 0 atom stereocenters. The van der Waals surface area contributed by atoms with E-state index in [4.69, 9.17) is 5.11 Å². The summed E-state index contributed by atoms with van der Waals surface area (Å²) >= 11 is 1.65. The first-order chi connectivity index (χ1) is 8.16. The lowest BCUT2D eigenvalue weighted by atomic mass is 10.2. The smallest absolute Gasteiger partial charge is 0.356 e. The number of hydrogen-bond acceptors (Lipinski definition) is 5. The average molecular weight is 249 g/mol. The van der Waals surface area contributed by atoms with Gasteiger partial charge in [0.05, 0.1) is 0 Å². The Morgan fingerprint density at radius 2 is 2.24 bits per heavy atom. The Labute approximate surface area is 102 Å². The molecule has 2 N–H and O–H groups in total. The van der Waals surface area contributed by atoms with Crippen LogP contribution < -0.4 is 5.32 Å². The number of carboxylic acid groups (broad SMARTS) is 1. The van der Waals surface area contributed by atoms with Crippen molar-refractivity contribution in [1.29, 1.82) is 0 Å². The predicted molar refractivity (Wildman–Crippen MR) is 65.4 cm³/mol. The van der Waals surface area contributed by atoms with E-state index in [-0.39, 0.29) is 5.69 Å². The summed E-state index contributed by atoms with van der Waals surface area (Å²) in [5.74, 6) is -0.502. The Balaban J connectivity index is 2.00.